The summed E-state index contributed by atoms with van der Waals surface area (Å²) in [6.07, 6.45) is 0.287. The number of esters is 1. The van der Waals surface area contributed by atoms with E-state index in [1.807, 2.05) is 0 Å². The predicted molar refractivity (Wildman–Crippen MR) is 78.1 cm³/mol. The molecule has 0 bridgehead atoms. The number of carbonyl (C=O) groups is 3. The smallest absolute Gasteiger partial charge is 0.326 e. The van der Waals surface area contributed by atoms with Gasteiger partial charge in [-0.1, -0.05) is 6.07 Å². The highest BCUT2D eigenvalue weighted by Crippen LogP contribution is 1.95. The molecule has 120 valence electrons. The minimum absolute atomic E-state index is 0.129. The van der Waals surface area contributed by atoms with Crippen molar-refractivity contribution in [2.75, 3.05) is 0 Å². The molecule has 1 rings (SSSR count). The van der Waals surface area contributed by atoms with Crippen LogP contribution in [0.3, 0.4) is 0 Å². The minimum atomic E-state index is -1.15. The molecule has 1 aromatic heterocycles. The van der Waals surface area contributed by atoms with Crippen molar-refractivity contribution in [1.82, 2.24) is 15.2 Å². The molecule has 0 unspecified atom stereocenters. The molecule has 0 saturated heterocycles. The number of rotatable bonds is 5. The summed E-state index contributed by atoms with van der Waals surface area (Å²) in [5.41, 5.74) is -0.354. The van der Waals surface area contributed by atoms with E-state index in [0.29, 0.717) is 0 Å². The molecule has 0 fully saturated rings. The molecule has 0 aliphatic heterocycles. The largest absolute Gasteiger partial charge is 0.451 e. The van der Waals surface area contributed by atoms with Crippen LogP contribution < -0.4 is 16.2 Å². The van der Waals surface area contributed by atoms with E-state index in [1.54, 1.807) is 26.0 Å². The molecular weight excluding hydrogens is 290 g/mol. The average molecular weight is 309 g/mol. The van der Waals surface area contributed by atoms with Crippen molar-refractivity contribution >= 4 is 17.9 Å². The van der Waals surface area contributed by atoms with Crippen molar-refractivity contribution in [2.24, 2.45) is 0 Å². The number of hydrogen-bond acceptors (Lipinski definition) is 5. The molecule has 8 nitrogen and oxygen atoms in total. The monoisotopic (exact) mass is 309 g/mol. The van der Waals surface area contributed by atoms with Gasteiger partial charge in [-0.25, -0.2) is 4.79 Å². The Labute approximate surface area is 127 Å². The molecule has 0 spiro atoms. The summed E-state index contributed by atoms with van der Waals surface area (Å²) in [7, 11) is 0. The topological polar surface area (TPSA) is 106 Å². The summed E-state index contributed by atoms with van der Waals surface area (Å²) in [5.74, 6) is -1.49. The van der Waals surface area contributed by atoms with E-state index < -0.39 is 24.0 Å². The van der Waals surface area contributed by atoms with Crippen molar-refractivity contribution in [3.63, 3.8) is 0 Å². The number of amides is 3. The van der Waals surface area contributed by atoms with E-state index in [2.05, 4.69) is 10.6 Å². The highest BCUT2D eigenvalue weighted by molar-refractivity contribution is 5.97. The maximum Gasteiger partial charge on any atom is 0.326 e. The third-order valence-electron chi connectivity index (χ3n) is 2.53. The molecule has 1 heterocycles. The molecular formula is C14H19N3O5. The molecule has 0 saturated carbocycles. The van der Waals surface area contributed by atoms with Crippen molar-refractivity contribution < 1.29 is 19.1 Å². The fourth-order valence-electron chi connectivity index (χ4n) is 1.53. The number of nitrogens with one attached hydrogen (secondary N) is 2. The predicted octanol–water partition coefficient (Wildman–Crippen LogP) is 0.0142. The van der Waals surface area contributed by atoms with Crippen LogP contribution in [0.4, 0.5) is 4.79 Å². The summed E-state index contributed by atoms with van der Waals surface area (Å²) < 4.78 is 6.04. The molecule has 22 heavy (non-hydrogen) atoms. The number of urea groups is 1. The van der Waals surface area contributed by atoms with Gasteiger partial charge in [0.1, 0.15) is 6.54 Å². The Morgan fingerprint density at radius 3 is 2.50 bits per heavy atom. The fraction of sp³-hybridized carbons (Fsp3) is 0.429. The van der Waals surface area contributed by atoms with Gasteiger partial charge in [-0.3, -0.25) is 19.7 Å². The van der Waals surface area contributed by atoms with Gasteiger partial charge in [-0.05, 0) is 26.8 Å². The third kappa shape index (κ3) is 5.78. The highest BCUT2D eigenvalue weighted by Gasteiger charge is 2.20. The minimum Gasteiger partial charge on any atom is -0.451 e. The lowest BCUT2D eigenvalue weighted by Crippen LogP contribution is -2.46. The SMILES string of the molecule is CC(C)NC(=O)NC(=O)[C@@H](C)OC(=O)Cn1ccccc1=O. The Kier molecular flexibility index (Phi) is 6.30. The lowest BCUT2D eigenvalue weighted by molar-refractivity contribution is -0.155. The van der Waals surface area contributed by atoms with E-state index >= 15 is 0 Å². The highest BCUT2D eigenvalue weighted by atomic mass is 16.5. The van der Waals surface area contributed by atoms with Crippen molar-refractivity contribution in [3.05, 3.63) is 34.7 Å². The third-order valence-corrected chi connectivity index (χ3v) is 2.53. The number of pyridine rings is 1. The van der Waals surface area contributed by atoms with Crippen LogP contribution in [-0.2, 0) is 20.9 Å². The summed E-state index contributed by atoms with van der Waals surface area (Å²) >= 11 is 0. The van der Waals surface area contributed by atoms with Gasteiger partial charge in [0.05, 0.1) is 0 Å². The van der Waals surface area contributed by atoms with Crippen LogP contribution >= 0.6 is 0 Å². The first-order chi connectivity index (χ1) is 10.3. The Bertz CT molecular complexity index is 608. The van der Waals surface area contributed by atoms with Gasteiger partial charge < -0.3 is 14.6 Å². The van der Waals surface area contributed by atoms with Crippen LogP contribution in [0.15, 0.2) is 29.2 Å². The first-order valence-electron chi connectivity index (χ1n) is 6.76. The Balaban J connectivity index is 2.50. The number of imide groups is 1. The average Bonchev–Trinajstić information content (AvgIpc) is 2.40. The summed E-state index contributed by atoms with van der Waals surface area (Å²) in [5, 5.41) is 4.53. The molecule has 8 heteroatoms. The number of carbonyl (C=O) groups excluding carboxylic acids is 3. The van der Waals surface area contributed by atoms with Gasteiger partial charge in [-0.2, -0.15) is 0 Å². The van der Waals surface area contributed by atoms with Gasteiger partial charge in [0.2, 0.25) is 0 Å². The zero-order valence-corrected chi connectivity index (χ0v) is 12.7. The van der Waals surface area contributed by atoms with Crippen molar-refractivity contribution in [3.8, 4) is 0 Å². The van der Waals surface area contributed by atoms with Crippen LogP contribution in [0.1, 0.15) is 20.8 Å². The molecule has 1 atom stereocenters. The molecule has 3 amide bonds. The first kappa shape index (κ1) is 17.4. The second kappa shape index (κ2) is 7.96. The summed E-state index contributed by atoms with van der Waals surface area (Å²) in [6, 6.07) is 3.66. The number of nitrogens with zero attached hydrogens (tertiary/aromatic N) is 1. The zero-order valence-electron chi connectivity index (χ0n) is 12.7. The molecule has 0 aromatic carbocycles. The number of aromatic nitrogens is 1. The van der Waals surface area contributed by atoms with E-state index in [0.717, 1.165) is 4.57 Å². The molecule has 0 aliphatic rings. The van der Waals surface area contributed by atoms with E-state index in [1.165, 1.54) is 19.2 Å². The Morgan fingerprint density at radius 1 is 1.23 bits per heavy atom. The van der Waals surface area contributed by atoms with E-state index in [9.17, 15) is 19.2 Å². The van der Waals surface area contributed by atoms with Crippen molar-refractivity contribution in [2.45, 2.75) is 39.5 Å². The number of ether oxygens (including phenoxy) is 1. The van der Waals surface area contributed by atoms with Crippen LogP contribution in [0.25, 0.3) is 0 Å². The van der Waals surface area contributed by atoms with Gasteiger partial charge in [0, 0.05) is 18.3 Å². The van der Waals surface area contributed by atoms with Gasteiger partial charge in [0.25, 0.3) is 11.5 Å². The van der Waals surface area contributed by atoms with Crippen LogP contribution in [0, 0.1) is 0 Å². The molecule has 1 aromatic rings. The first-order valence-corrected chi connectivity index (χ1v) is 6.76. The summed E-state index contributed by atoms with van der Waals surface area (Å²) in [4.78, 5) is 46.2. The molecule has 2 N–H and O–H groups in total. The summed E-state index contributed by atoms with van der Waals surface area (Å²) in [6.45, 7) is 4.51. The molecule has 0 radical (unpaired) electrons. The number of hydrogen-bond donors (Lipinski definition) is 2. The quantitative estimate of drug-likeness (QED) is 0.745. The lowest BCUT2D eigenvalue weighted by atomic mass is 10.3. The van der Waals surface area contributed by atoms with Crippen LogP contribution in [0.2, 0.25) is 0 Å². The van der Waals surface area contributed by atoms with Gasteiger partial charge in [-0.15, -0.1) is 0 Å². The standard InChI is InChI=1S/C14H19N3O5/c1-9(2)15-14(21)16-13(20)10(3)22-12(19)8-17-7-5-4-6-11(17)18/h4-7,9-10H,8H2,1-3H3,(H2,15,16,20,21)/t10-/m1/s1. The maximum atomic E-state index is 11.7. The normalized spacial score (nSPS) is 11.6. The second-order valence-electron chi connectivity index (χ2n) is 4.92. The van der Waals surface area contributed by atoms with Gasteiger partial charge in [0.15, 0.2) is 6.10 Å². The van der Waals surface area contributed by atoms with Crippen LogP contribution in [-0.4, -0.2) is 34.6 Å². The Morgan fingerprint density at radius 2 is 1.91 bits per heavy atom. The molecule has 0 aliphatic carbocycles. The van der Waals surface area contributed by atoms with Crippen LogP contribution in [0.5, 0.6) is 0 Å². The second-order valence-corrected chi connectivity index (χ2v) is 4.92. The van der Waals surface area contributed by atoms with Gasteiger partial charge >= 0.3 is 12.0 Å². The lowest BCUT2D eigenvalue weighted by Gasteiger charge is -2.14. The zero-order chi connectivity index (χ0) is 16.7. The van der Waals surface area contributed by atoms with E-state index in [-0.39, 0.29) is 18.1 Å². The fourth-order valence-corrected chi connectivity index (χ4v) is 1.53. The maximum absolute atomic E-state index is 11.7. The Hall–Kier alpha value is -2.64. The van der Waals surface area contributed by atoms with Crippen molar-refractivity contribution in [1.29, 1.82) is 0 Å². The van der Waals surface area contributed by atoms with E-state index in [4.69, 9.17) is 4.74 Å².